The van der Waals surface area contributed by atoms with E-state index in [-0.39, 0.29) is 0 Å². The summed E-state index contributed by atoms with van der Waals surface area (Å²) in [6, 6.07) is 15.5. The van der Waals surface area contributed by atoms with E-state index in [0.29, 0.717) is 6.04 Å². The highest BCUT2D eigenvalue weighted by molar-refractivity contribution is 7.09. The third-order valence-electron chi connectivity index (χ3n) is 3.34. The molecule has 0 saturated heterocycles. The van der Waals surface area contributed by atoms with Crippen LogP contribution in [-0.4, -0.2) is 4.98 Å². The van der Waals surface area contributed by atoms with Gasteiger partial charge >= 0.3 is 0 Å². The number of thiazole rings is 1. The summed E-state index contributed by atoms with van der Waals surface area (Å²) in [5, 5.41) is 6.13. The van der Waals surface area contributed by atoms with E-state index >= 15 is 0 Å². The normalized spacial score (nSPS) is 12.7. The van der Waals surface area contributed by atoms with Crippen LogP contribution in [0.3, 0.4) is 0 Å². The average molecular weight is 268 g/mol. The van der Waals surface area contributed by atoms with Gasteiger partial charge in [0.2, 0.25) is 0 Å². The third-order valence-corrected chi connectivity index (χ3v) is 4.12. The SMILES string of the molecule is CC(NCc1cncs1)c1ccc2ccccc2c1. The van der Waals surface area contributed by atoms with Crippen LogP contribution in [0.25, 0.3) is 10.8 Å². The van der Waals surface area contributed by atoms with Crippen LogP contribution in [-0.2, 0) is 6.54 Å². The summed E-state index contributed by atoms with van der Waals surface area (Å²) in [6.45, 7) is 3.07. The lowest BCUT2D eigenvalue weighted by atomic mass is 10.0. The molecule has 0 fully saturated rings. The van der Waals surface area contributed by atoms with Crippen LogP contribution >= 0.6 is 11.3 Å². The minimum absolute atomic E-state index is 0.340. The van der Waals surface area contributed by atoms with Crippen molar-refractivity contribution in [3.05, 3.63) is 64.6 Å². The zero-order chi connectivity index (χ0) is 13.1. The maximum Gasteiger partial charge on any atom is 0.0794 e. The van der Waals surface area contributed by atoms with E-state index in [9.17, 15) is 0 Å². The topological polar surface area (TPSA) is 24.9 Å². The van der Waals surface area contributed by atoms with Crippen molar-refractivity contribution < 1.29 is 0 Å². The van der Waals surface area contributed by atoms with Crippen molar-refractivity contribution in [2.45, 2.75) is 19.5 Å². The Balaban J connectivity index is 1.75. The Morgan fingerprint density at radius 3 is 2.79 bits per heavy atom. The molecule has 96 valence electrons. The fraction of sp³-hybridized carbons (Fsp3) is 0.188. The summed E-state index contributed by atoms with van der Waals surface area (Å²) in [7, 11) is 0. The molecule has 0 amide bonds. The first-order chi connectivity index (χ1) is 9.33. The van der Waals surface area contributed by atoms with Gasteiger partial charge in [-0.1, -0.05) is 36.4 Å². The highest BCUT2D eigenvalue weighted by Gasteiger charge is 2.06. The van der Waals surface area contributed by atoms with Gasteiger partial charge in [-0.05, 0) is 29.3 Å². The number of rotatable bonds is 4. The Hall–Kier alpha value is -1.71. The van der Waals surface area contributed by atoms with E-state index in [1.165, 1.54) is 21.2 Å². The molecule has 0 aliphatic heterocycles. The molecule has 0 radical (unpaired) electrons. The predicted molar refractivity (Wildman–Crippen MR) is 81.3 cm³/mol. The molecule has 3 aromatic rings. The molecule has 1 atom stereocenters. The lowest BCUT2D eigenvalue weighted by Gasteiger charge is -2.14. The Kier molecular flexibility index (Phi) is 3.58. The average Bonchev–Trinajstić information content (AvgIpc) is 2.97. The molecule has 2 aromatic carbocycles. The van der Waals surface area contributed by atoms with E-state index in [0.717, 1.165) is 6.54 Å². The van der Waals surface area contributed by atoms with Gasteiger partial charge in [0.1, 0.15) is 0 Å². The van der Waals surface area contributed by atoms with Crippen molar-refractivity contribution in [2.75, 3.05) is 0 Å². The van der Waals surface area contributed by atoms with Gasteiger partial charge in [-0.2, -0.15) is 0 Å². The second-order valence-corrected chi connectivity index (χ2v) is 5.65. The fourth-order valence-electron chi connectivity index (χ4n) is 2.18. The molecule has 3 rings (SSSR count). The second kappa shape index (κ2) is 5.51. The Morgan fingerprint density at radius 2 is 2.00 bits per heavy atom. The summed E-state index contributed by atoms with van der Waals surface area (Å²) in [5.41, 5.74) is 3.20. The third kappa shape index (κ3) is 2.83. The van der Waals surface area contributed by atoms with Gasteiger partial charge in [-0.15, -0.1) is 11.3 Å². The minimum atomic E-state index is 0.340. The van der Waals surface area contributed by atoms with Crippen LogP contribution in [0, 0.1) is 0 Å². The van der Waals surface area contributed by atoms with Gasteiger partial charge in [0.25, 0.3) is 0 Å². The van der Waals surface area contributed by atoms with Gasteiger partial charge in [0, 0.05) is 23.7 Å². The highest BCUT2D eigenvalue weighted by atomic mass is 32.1. The number of hydrogen-bond donors (Lipinski definition) is 1. The first kappa shape index (κ1) is 12.3. The number of fused-ring (bicyclic) bond motifs is 1. The maximum absolute atomic E-state index is 4.09. The monoisotopic (exact) mass is 268 g/mol. The summed E-state index contributed by atoms with van der Waals surface area (Å²) >= 11 is 1.69. The van der Waals surface area contributed by atoms with Crippen LogP contribution < -0.4 is 5.32 Å². The zero-order valence-corrected chi connectivity index (χ0v) is 11.7. The molecule has 1 unspecified atom stereocenters. The van der Waals surface area contributed by atoms with Crippen molar-refractivity contribution >= 4 is 22.1 Å². The molecule has 0 saturated carbocycles. The molecular weight excluding hydrogens is 252 g/mol. The van der Waals surface area contributed by atoms with E-state index in [1.807, 2.05) is 11.7 Å². The van der Waals surface area contributed by atoms with Gasteiger partial charge in [0.15, 0.2) is 0 Å². The molecule has 1 N–H and O–H groups in total. The van der Waals surface area contributed by atoms with Gasteiger partial charge < -0.3 is 5.32 Å². The molecule has 19 heavy (non-hydrogen) atoms. The van der Waals surface area contributed by atoms with Crippen molar-refractivity contribution in [3.8, 4) is 0 Å². The maximum atomic E-state index is 4.09. The van der Waals surface area contributed by atoms with Gasteiger partial charge in [-0.25, -0.2) is 0 Å². The lowest BCUT2D eigenvalue weighted by Crippen LogP contribution is -2.17. The molecule has 0 bridgehead atoms. The Morgan fingerprint density at radius 1 is 1.16 bits per heavy atom. The molecule has 0 spiro atoms. The van der Waals surface area contributed by atoms with Crippen LogP contribution in [0.4, 0.5) is 0 Å². The minimum Gasteiger partial charge on any atom is -0.305 e. The number of aromatic nitrogens is 1. The predicted octanol–water partition coefficient (Wildman–Crippen LogP) is 4.15. The lowest BCUT2D eigenvalue weighted by molar-refractivity contribution is 0.579. The summed E-state index contributed by atoms with van der Waals surface area (Å²) in [5.74, 6) is 0. The van der Waals surface area contributed by atoms with E-state index in [1.54, 1.807) is 11.3 Å². The summed E-state index contributed by atoms with van der Waals surface area (Å²) < 4.78 is 0. The van der Waals surface area contributed by atoms with Crippen LogP contribution in [0.15, 0.2) is 54.2 Å². The second-order valence-electron chi connectivity index (χ2n) is 4.68. The van der Waals surface area contributed by atoms with Gasteiger partial charge in [0.05, 0.1) is 5.51 Å². The molecule has 1 heterocycles. The molecule has 3 heteroatoms. The Labute approximate surface area is 117 Å². The van der Waals surface area contributed by atoms with Crippen molar-refractivity contribution in [3.63, 3.8) is 0 Å². The Bertz CT molecular complexity index is 661. The number of nitrogens with one attached hydrogen (secondary N) is 1. The fourth-order valence-corrected chi connectivity index (χ4v) is 2.72. The summed E-state index contributed by atoms with van der Waals surface area (Å²) in [6.07, 6.45) is 1.92. The first-order valence-corrected chi connectivity index (χ1v) is 7.30. The van der Waals surface area contributed by atoms with Crippen molar-refractivity contribution in [2.24, 2.45) is 0 Å². The molecular formula is C16H16N2S. The molecule has 0 aliphatic rings. The van der Waals surface area contributed by atoms with E-state index in [2.05, 4.69) is 59.7 Å². The summed E-state index contributed by atoms with van der Waals surface area (Å²) in [4.78, 5) is 5.36. The van der Waals surface area contributed by atoms with Crippen LogP contribution in [0.1, 0.15) is 23.4 Å². The van der Waals surface area contributed by atoms with Crippen LogP contribution in [0.5, 0.6) is 0 Å². The van der Waals surface area contributed by atoms with Gasteiger partial charge in [-0.3, -0.25) is 4.98 Å². The van der Waals surface area contributed by atoms with E-state index < -0.39 is 0 Å². The van der Waals surface area contributed by atoms with E-state index in [4.69, 9.17) is 0 Å². The standard InChI is InChI=1S/C16H16N2S/c1-12(18-10-16-9-17-11-19-16)14-7-6-13-4-2-3-5-15(13)8-14/h2-9,11-12,18H,10H2,1H3. The van der Waals surface area contributed by atoms with Crippen molar-refractivity contribution in [1.29, 1.82) is 0 Å². The molecule has 1 aromatic heterocycles. The van der Waals surface area contributed by atoms with Crippen molar-refractivity contribution in [1.82, 2.24) is 10.3 Å². The smallest absolute Gasteiger partial charge is 0.0794 e. The number of benzene rings is 2. The zero-order valence-electron chi connectivity index (χ0n) is 10.8. The number of hydrogen-bond acceptors (Lipinski definition) is 3. The molecule has 0 aliphatic carbocycles. The number of nitrogens with zero attached hydrogens (tertiary/aromatic N) is 1. The highest BCUT2D eigenvalue weighted by Crippen LogP contribution is 2.20. The molecule has 2 nitrogen and oxygen atoms in total. The van der Waals surface area contributed by atoms with Crippen LogP contribution in [0.2, 0.25) is 0 Å². The first-order valence-electron chi connectivity index (χ1n) is 6.42. The largest absolute Gasteiger partial charge is 0.305 e. The quantitative estimate of drug-likeness (QED) is 0.769.